The third-order valence-electron chi connectivity index (χ3n) is 13.2. The molecule has 0 aliphatic heterocycles. The molecule has 1 heterocycles. The van der Waals surface area contributed by atoms with Crippen molar-refractivity contribution in [2.45, 2.75) is 12.3 Å². The molecule has 292 valence electrons. The van der Waals surface area contributed by atoms with Crippen molar-refractivity contribution in [3.8, 4) is 44.5 Å². The van der Waals surface area contributed by atoms with Gasteiger partial charge in [0.25, 0.3) is 0 Å². The second kappa shape index (κ2) is 14.6. The Balaban J connectivity index is 1.15. The van der Waals surface area contributed by atoms with Crippen molar-refractivity contribution < 1.29 is 0 Å². The van der Waals surface area contributed by atoms with Crippen LogP contribution in [0.2, 0.25) is 0 Å². The number of thiophene rings is 1. The van der Waals surface area contributed by atoms with Gasteiger partial charge in [0.2, 0.25) is 0 Å². The van der Waals surface area contributed by atoms with E-state index >= 15 is 0 Å². The van der Waals surface area contributed by atoms with E-state index < -0.39 is 0 Å². The minimum absolute atomic E-state index is 0.341. The van der Waals surface area contributed by atoms with Crippen LogP contribution in [0.15, 0.2) is 231 Å². The van der Waals surface area contributed by atoms with Gasteiger partial charge in [-0.2, -0.15) is 0 Å². The molecule has 2 heteroatoms. The minimum atomic E-state index is -0.341. The first-order valence-electron chi connectivity index (χ1n) is 21.4. The first kappa shape index (κ1) is 36.3. The molecule has 11 aromatic rings. The fourth-order valence-corrected chi connectivity index (χ4v) is 11.5. The number of hydrogen-bond acceptors (Lipinski definition) is 2. The van der Waals surface area contributed by atoms with E-state index in [0.717, 1.165) is 17.1 Å². The molecule has 0 saturated carbocycles. The lowest BCUT2D eigenvalue weighted by Gasteiger charge is -2.32. The van der Waals surface area contributed by atoms with Gasteiger partial charge in [0.1, 0.15) is 0 Å². The molecule has 1 aromatic heterocycles. The lowest BCUT2D eigenvalue weighted by atomic mass is 9.74. The molecule has 12 rings (SSSR count). The van der Waals surface area contributed by atoms with Crippen molar-refractivity contribution in [2.75, 3.05) is 4.90 Å². The molecule has 0 radical (unpaired) electrons. The van der Waals surface area contributed by atoms with Gasteiger partial charge in [0.05, 0.1) is 11.4 Å². The maximum Gasteiger partial charge on any atom is 0.0543 e. The van der Waals surface area contributed by atoms with E-state index in [1.165, 1.54) is 92.1 Å². The van der Waals surface area contributed by atoms with E-state index in [0.29, 0.717) is 0 Å². The smallest absolute Gasteiger partial charge is 0.0543 e. The zero-order chi connectivity index (χ0) is 41.2. The Labute approximate surface area is 366 Å². The number of fused-ring (bicyclic) bond motifs is 7. The fourth-order valence-electron chi connectivity index (χ4n) is 10.3. The van der Waals surface area contributed by atoms with Crippen LogP contribution in [0.25, 0.3) is 75.5 Å². The normalized spacial score (nSPS) is 14.3. The van der Waals surface area contributed by atoms with Crippen LogP contribution in [0.1, 0.15) is 23.6 Å². The lowest BCUT2D eigenvalue weighted by molar-refractivity contribution is 0.714. The highest BCUT2D eigenvalue weighted by molar-refractivity contribution is 7.25. The van der Waals surface area contributed by atoms with Crippen molar-refractivity contribution in [3.05, 3.63) is 247 Å². The van der Waals surface area contributed by atoms with Crippen LogP contribution in [0.4, 0.5) is 17.1 Å². The molecule has 0 amide bonds. The summed E-state index contributed by atoms with van der Waals surface area (Å²) in [7, 11) is 0. The quantitative estimate of drug-likeness (QED) is 0.155. The summed E-state index contributed by atoms with van der Waals surface area (Å²) >= 11 is 1.87. The van der Waals surface area contributed by atoms with Gasteiger partial charge in [-0.1, -0.05) is 194 Å². The van der Waals surface area contributed by atoms with Gasteiger partial charge >= 0.3 is 0 Å². The highest BCUT2D eigenvalue weighted by atomic mass is 32.1. The average molecular weight is 808 g/mol. The van der Waals surface area contributed by atoms with Crippen molar-refractivity contribution >= 4 is 59.3 Å². The first-order valence-corrected chi connectivity index (χ1v) is 22.2. The van der Waals surface area contributed by atoms with E-state index in [9.17, 15) is 0 Å². The second-order valence-electron chi connectivity index (χ2n) is 16.5. The standard InChI is InChI=1S/C60H41NS/c1-60(43-24-6-3-7-25-43)51-33-11-8-28-49(51)59-52(60)34-18-36-54(59)61(44-26-14-23-42(39-44)46-31-17-38-56-58(46)50-29-10-13-37-55(50)62-56)53-35-12-9-27-47(53)48-32-16-22-41-21-15-30-45(57(41)48)40-19-4-2-5-20-40/h2-39H,1H3. The molecule has 0 N–H and O–H groups in total. The number of benzene rings is 10. The molecule has 0 spiro atoms. The van der Waals surface area contributed by atoms with Gasteiger partial charge in [-0.05, 0) is 104 Å². The highest BCUT2D eigenvalue weighted by Crippen LogP contribution is 2.57. The van der Waals surface area contributed by atoms with E-state index in [2.05, 4.69) is 242 Å². The Morgan fingerprint density at radius 1 is 0.387 bits per heavy atom. The maximum absolute atomic E-state index is 2.54. The third-order valence-corrected chi connectivity index (χ3v) is 14.3. The van der Waals surface area contributed by atoms with E-state index in [1.54, 1.807) is 0 Å². The first-order chi connectivity index (χ1) is 30.7. The monoisotopic (exact) mass is 807 g/mol. The Kier molecular flexibility index (Phi) is 8.55. The number of anilines is 3. The van der Waals surface area contributed by atoms with Crippen LogP contribution in [-0.2, 0) is 5.41 Å². The van der Waals surface area contributed by atoms with Gasteiger partial charge < -0.3 is 4.90 Å². The molecule has 1 aliphatic carbocycles. The van der Waals surface area contributed by atoms with Crippen LogP contribution in [-0.4, -0.2) is 0 Å². The van der Waals surface area contributed by atoms with Gasteiger partial charge in [-0.15, -0.1) is 11.3 Å². The van der Waals surface area contributed by atoms with Crippen molar-refractivity contribution in [2.24, 2.45) is 0 Å². The van der Waals surface area contributed by atoms with Gasteiger partial charge in [-0.25, -0.2) is 0 Å². The van der Waals surface area contributed by atoms with Crippen LogP contribution in [0.5, 0.6) is 0 Å². The van der Waals surface area contributed by atoms with Crippen molar-refractivity contribution in [3.63, 3.8) is 0 Å². The molecule has 1 atom stereocenters. The van der Waals surface area contributed by atoms with Crippen LogP contribution >= 0.6 is 11.3 Å². The molecular weight excluding hydrogens is 767 g/mol. The van der Waals surface area contributed by atoms with Gasteiger partial charge in [0, 0.05) is 42.4 Å². The zero-order valence-corrected chi connectivity index (χ0v) is 35.1. The van der Waals surface area contributed by atoms with Crippen molar-refractivity contribution in [1.29, 1.82) is 0 Å². The third kappa shape index (κ3) is 5.61. The topological polar surface area (TPSA) is 3.24 Å². The molecular formula is C60H41NS. The fraction of sp³-hybridized carbons (Fsp3) is 0.0333. The summed E-state index contributed by atoms with van der Waals surface area (Å²) in [5, 5.41) is 5.09. The molecule has 62 heavy (non-hydrogen) atoms. The second-order valence-corrected chi connectivity index (χ2v) is 17.6. The summed E-state index contributed by atoms with van der Waals surface area (Å²) in [4.78, 5) is 2.54. The summed E-state index contributed by atoms with van der Waals surface area (Å²) in [5.74, 6) is 0. The SMILES string of the molecule is CC1(c2ccccc2)c2ccccc2-c2c(N(c3cccc(-c4cccc5sc6ccccc6c45)c3)c3ccccc3-c3cccc4cccc(-c5ccccc5)c34)cccc21. The zero-order valence-electron chi connectivity index (χ0n) is 34.3. The summed E-state index contributed by atoms with van der Waals surface area (Å²) in [5.41, 5.74) is 16.8. The van der Waals surface area contributed by atoms with Crippen LogP contribution in [0, 0.1) is 0 Å². The molecule has 1 aliphatic rings. The Hall–Kier alpha value is -7.52. The predicted molar refractivity (Wildman–Crippen MR) is 265 cm³/mol. The molecule has 0 fully saturated rings. The largest absolute Gasteiger partial charge is 0.309 e. The van der Waals surface area contributed by atoms with Crippen molar-refractivity contribution in [1.82, 2.24) is 0 Å². The van der Waals surface area contributed by atoms with Crippen LogP contribution < -0.4 is 4.90 Å². The van der Waals surface area contributed by atoms with Crippen LogP contribution in [0.3, 0.4) is 0 Å². The predicted octanol–water partition coefficient (Wildman–Crippen LogP) is 17.0. The summed E-state index contributed by atoms with van der Waals surface area (Å²) in [6.07, 6.45) is 0. The highest BCUT2D eigenvalue weighted by Gasteiger charge is 2.42. The number of rotatable bonds is 7. The van der Waals surface area contributed by atoms with E-state index in [1.807, 2.05) is 11.3 Å². The molecule has 0 bridgehead atoms. The average Bonchev–Trinajstić information content (AvgIpc) is 3.86. The van der Waals surface area contributed by atoms with Gasteiger partial charge in [0.15, 0.2) is 0 Å². The Morgan fingerprint density at radius 3 is 1.79 bits per heavy atom. The minimum Gasteiger partial charge on any atom is -0.309 e. The number of para-hydroxylation sites is 1. The summed E-state index contributed by atoms with van der Waals surface area (Å²) < 4.78 is 2.62. The Morgan fingerprint density at radius 2 is 0.952 bits per heavy atom. The number of hydrogen-bond donors (Lipinski definition) is 0. The molecule has 1 nitrogen and oxygen atoms in total. The Bertz CT molecular complexity index is 3490. The van der Waals surface area contributed by atoms with E-state index in [-0.39, 0.29) is 5.41 Å². The summed E-state index contributed by atoms with van der Waals surface area (Å²) in [6, 6.07) is 85.1. The molecule has 10 aromatic carbocycles. The summed E-state index contributed by atoms with van der Waals surface area (Å²) in [6.45, 7) is 2.41. The van der Waals surface area contributed by atoms with E-state index in [4.69, 9.17) is 0 Å². The number of nitrogens with zero attached hydrogens (tertiary/aromatic N) is 1. The maximum atomic E-state index is 2.54. The lowest BCUT2D eigenvalue weighted by Crippen LogP contribution is -2.22. The molecule has 0 saturated heterocycles. The molecule has 1 unspecified atom stereocenters. The van der Waals surface area contributed by atoms with Gasteiger partial charge in [-0.3, -0.25) is 0 Å².